The Bertz CT molecular complexity index is 768. The van der Waals surface area contributed by atoms with E-state index in [9.17, 15) is 8.78 Å². The van der Waals surface area contributed by atoms with Crippen LogP contribution in [0.3, 0.4) is 0 Å². The molecule has 0 spiro atoms. The fraction of sp³-hybridized carbons (Fsp3) is 0.474. The lowest BCUT2D eigenvalue weighted by atomic mass is 10.2. The summed E-state index contributed by atoms with van der Waals surface area (Å²) in [6.45, 7) is 4.75. The molecule has 1 fully saturated rings. The third-order valence-corrected chi connectivity index (χ3v) is 4.63. The molecule has 2 aromatic rings. The van der Waals surface area contributed by atoms with Gasteiger partial charge in [-0.05, 0) is 37.5 Å². The standard InChI is InChI=1S/C19H26F2N6/c1-14-11-24-27(12-14)9-4-8-23-19(22-2)25-15-7-10-26(13-15)18-16(20)5-3-6-17(18)21/h3,5-6,11-12,15H,4,7-10,13H2,1-2H3,(H2,22,23,25). The van der Waals surface area contributed by atoms with Crippen molar-refractivity contribution in [1.29, 1.82) is 0 Å². The van der Waals surface area contributed by atoms with E-state index >= 15 is 0 Å². The molecule has 1 aromatic carbocycles. The van der Waals surface area contributed by atoms with E-state index in [4.69, 9.17) is 0 Å². The normalized spacial score (nSPS) is 17.4. The number of aromatic nitrogens is 2. The van der Waals surface area contributed by atoms with Crippen molar-refractivity contribution < 1.29 is 8.78 Å². The van der Waals surface area contributed by atoms with Crippen LogP contribution in [0, 0.1) is 18.6 Å². The first-order valence-electron chi connectivity index (χ1n) is 9.22. The van der Waals surface area contributed by atoms with Crippen molar-refractivity contribution in [2.24, 2.45) is 4.99 Å². The highest BCUT2D eigenvalue weighted by Crippen LogP contribution is 2.26. The highest BCUT2D eigenvalue weighted by atomic mass is 19.1. The van der Waals surface area contributed by atoms with Crippen molar-refractivity contribution in [2.75, 3.05) is 31.6 Å². The minimum Gasteiger partial charge on any atom is -0.365 e. The minimum absolute atomic E-state index is 0.0549. The average molecular weight is 376 g/mol. The Labute approximate surface area is 158 Å². The molecule has 0 saturated carbocycles. The van der Waals surface area contributed by atoms with Gasteiger partial charge in [0.1, 0.15) is 17.3 Å². The van der Waals surface area contributed by atoms with E-state index in [0.29, 0.717) is 19.0 Å². The zero-order chi connectivity index (χ0) is 19.2. The van der Waals surface area contributed by atoms with Crippen molar-refractivity contribution in [3.05, 3.63) is 47.8 Å². The molecule has 146 valence electrons. The molecular formula is C19H26F2N6. The van der Waals surface area contributed by atoms with Crippen molar-refractivity contribution >= 4 is 11.6 Å². The van der Waals surface area contributed by atoms with Gasteiger partial charge < -0.3 is 15.5 Å². The number of nitrogens with one attached hydrogen (secondary N) is 2. The molecule has 0 amide bonds. The first kappa shape index (κ1) is 19.1. The second kappa shape index (κ2) is 8.83. The molecule has 1 aliphatic heterocycles. The van der Waals surface area contributed by atoms with Crippen LogP contribution in [0.4, 0.5) is 14.5 Å². The molecule has 1 saturated heterocycles. The summed E-state index contributed by atoms with van der Waals surface area (Å²) in [5.74, 6) is -0.341. The monoisotopic (exact) mass is 376 g/mol. The maximum absolute atomic E-state index is 14.0. The molecular weight excluding hydrogens is 350 g/mol. The predicted octanol–water partition coefficient (Wildman–Crippen LogP) is 2.30. The smallest absolute Gasteiger partial charge is 0.191 e. The number of aryl methyl sites for hydroxylation is 2. The van der Waals surface area contributed by atoms with Crippen molar-refractivity contribution in [1.82, 2.24) is 20.4 Å². The third kappa shape index (κ3) is 4.96. The summed E-state index contributed by atoms with van der Waals surface area (Å²) in [5, 5.41) is 10.9. The maximum Gasteiger partial charge on any atom is 0.191 e. The topological polar surface area (TPSA) is 57.5 Å². The van der Waals surface area contributed by atoms with E-state index in [1.807, 2.05) is 24.0 Å². The number of benzene rings is 1. The number of halogens is 2. The summed E-state index contributed by atoms with van der Waals surface area (Å²) in [7, 11) is 1.72. The van der Waals surface area contributed by atoms with Crippen LogP contribution in [0.5, 0.6) is 0 Å². The molecule has 6 nitrogen and oxygen atoms in total. The SMILES string of the molecule is CN=C(NCCCn1cc(C)cn1)NC1CCN(c2c(F)cccc2F)C1. The molecule has 0 aliphatic carbocycles. The Morgan fingerprint density at radius 3 is 2.78 bits per heavy atom. The number of guanidine groups is 1. The Morgan fingerprint density at radius 1 is 1.33 bits per heavy atom. The van der Waals surface area contributed by atoms with Crippen LogP contribution in [0.1, 0.15) is 18.4 Å². The number of anilines is 1. The van der Waals surface area contributed by atoms with E-state index in [-0.39, 0.29) is 11.7 Å². The van der Waals surface area contributed by atoms with Gasteiger partial charge in [0.25, 0.3) is 0 Å². The van der Waals surface area contributed by atoms with E-state index in [0.717, 1.165) is 31.5 Å². The van der Waals surface area contributed by atoms with Crippen molar-refractivity contribution in [2.45, 2.75) is 32.4 Å². The van der Waals surface area contributed by atoms with Crippen LogP contribution in [0.25, 0.3) is 0 Å². The molecule has 1 unspecified atom stereocenters. The molecule has 0 bridgehead atoms. The van der Waals surface area contributed by atoms with Gasteiger partial charge in [-0.15, -0.1) is 0 Å². The number of hydrogen-bond acceptors (Lipinski definition) is 3. The molecule has 1 aromatic heterocycles. The van der Waals surface area contributed by atoms with Crippen LogP contribution < -0.4 is 15.5 Å². The van der Waals surface area contributed by atoms with Gasteiger partial charge in [0.05, 0.1) is 6.20 Å². The number of para-hydroxylation sites is 1. The fourth-order valence-corrected chi connectivity index (χ4v) is 3.30. The lowest BCUT2D eigenvalue weighted by Gasteiger charge is -2.21. The molecule has 8 heteroatoms. The van der Waals surface area contributed by atoms with Gasteiger partial charge in [0, 0.05) is 45.5 Å². The van der Waals surface area contributed by atoms with Gasteiger partial charge in [0.2, 0.25) is 0 Å². The first-order chi connectivity index (χ1) is 13.1. The van der Waals surface area contributed by atoms with Crippen LogP contribution in [-0.4, -0.2) is 48.5 Å². The minimum atomic E-state index is -0.521. The Hall–Kier alpha value is -2.64. The Morgan fingerprint density at radius 2 is 2.11 bits per heavy atom. The van der Waals surface area contributed by atoms with Crippen molar-refractivity contribution in [3.63, 3.8) is 0 Å². The average Bonchev–Trinajstić information content (AvgIpc) is 3.26. The van der Waals surface area contributed by atoms with Gasteiger partial charge in [-0.2, -0.15) is 5.10 Å². The van der Waals surface area contributed by atoms with Crippen LogP contribution in [0.2, 0.25) is 0 Å². The summed E-state index contributed by atoms with van der Waals surface area (Å²) in [6, 6.07) is 4.06. The summed E-state index contributed by atoms with van der Waals surface area (Å²) in [5.41, 5.74) is 1.21. The van der Waals surface area contributed by atoms with Gasteiger partial charge >= 0.3 is 0 Å². The van der Waals surface area contributed by atoms with E-state index < -0.39 is 11.6 Å². The zero-order valence-electron chi connectivity index (χ0n) is 15.8. The maximum atomic E-state index is 14.0. The highest BCUT2D eigenvalue weighted by molar-refractivity contribution is 5.80. The second-order valence-electron chi connectivity index (χ2n) is 6.78. The molecule has 1 atom stereocenters. The Kier molecular flexibility index (Phi) is 6.26. The molecule has 0 radical (unpaired) electrons. The number of nitrogens with zero attached hydrogens (tertiary/aromatic N) is 4. The molecule has 2 N–H and O–H groups in total. The number of rotatable bonds is 6. The number of hydrogen-bond donors (Lipinski definition) is 2. The Balaban J connectivity index is 1.45. The summed E-state index contributed by atoms with van der Waals surface area (Å²) in [6.07, 6.45) is 5.57. The largest absolute Gasteiger partial charge is 0.365 e. The summed E-state index contributed by atoms with van der Waals surface area (Å²) in [4.78, 5) is 5.98. The van der Waals surface area contributed by atoms with Crippen LogP contribution in [0.15, 0.2) is 35.6 Å². The first-order valence-corrected chi connectivity index (χ1v) is 9.22. The lowest BCUT2D eigenvalue weighted by molar-refractivity contribution is 0.564. The van der Waals surface area contributed by atoms with Gasteiger partial charge in [0.15, 0.2) is 5.96 Å². The number of aliphatic imine (C=N–C) groups is 1. The van der Waals surface area contributed by atoms with E-state index in [2.05, 4.69) is 20.7 Å². The summed E-state index contributed by atoms with van der Waals surface area (Å²) >= 11 is 0. The highest BCUT2D eigenvalue weighted by Gasteiger charge is 2.27. The predicted molar refractivity (Wildman–Crippen MR) is 103 cm³/mol. The lowest BCUT2D eigenvalue weighted by Crippen LogP contribution is -2.45. The van der Waals surface area contributed by atoms with Crippen molar-refractivity contribution in [3.8, 4) is 0 Å². The van der Waals surface area contributed by atoms with Gasteiger partial charge in [-0.25, -0.2) is 8.78 Å². The van der Waals surface area contributed by atoms with Gasteiger partial charge in [-0.3, -0.25) is 9.67 Å². The zero-order valence-corrected chi connectivity index (χ0v) is 15.8. The van der Waals surface area contributed by atoms with Gasteiger partial charge in [-0.1, -0.05) is 6.07 Å². The van der Waals surface area contributed by atoms with Crippen LogP contribution in [-0.2, 0) is 6.54 Å². The molecule has 3 rings (SSSR count). The second-order valence-corrected chi connectivity index (χ2v) is 6.78. The fourth-order valence-electron chi connectivity index (χ4n) is 3.30. The van der Waals surface area contributed by atoms with Crippen LogP contribution >= 0.6 is 0 Å². The van der Waals surface area contributed by atoms with E-state index in [1.165, 1.54) is 18.2 Å². The summed E-state index contributed by atoms with van der Waals surface area (Å²) < 4.78 is 29.8. The molecule has 2 heterocycles. The van der Waals surface area contributed by atoms with E-state index in [1.54, 1.807) is 11.9 Å². The molecule has 27 heavy (non-hydrogen) atoms. The quantitative estimate of drug-likeness (QED) is 0.462. The molecule has 1 aliphatic rings. The third-order valence-electron chi connectivity index (χ3n) is 4.63.